The lowest BCUT2D eigenvalue weighted by atomic mass is 9.95. The standard InChI is InChI=1S/C20H31N3O2S/c1-3-26(25)18-6-4-5-17(13-18)22-19-8-7-16(14-21-19)20(24)23-11-9-15(2)10-12-23/h7-8,14-15,17-18H,3-6,9-13H2,1-2H3,(H,21,22). The molecule has 1 aromatic rings. The van der Waals surface area contributed by atoms with Gasteiger partial charge in [-0.05, 0) is 50.2 Å². The summed E-state index contributed by atoms with van der Waals surface area (Å²) in [6, 6.07) is 4.10. The molecular weight excluding hydrogens is 346 g/mol. The maximum absolute atomic E-state index is 12.6. The predicted molar refractivity (Wildman–Crippen MR) is 107 cm³/mol. The molecule has 0 spiro atoms. The number of amides is 1. The van der Waals surface area contributed by atoms with E-state index in [1.165, 1.54) is 0 Å². The van der Waals surface area contributed by atoms with Crippen LogP contribution in [0.1, 0.15) is 62.7 Å². The smallest absolute Gasteiger partial charge is 0.255 e. The van der Waals surface area contributed by atoms with Gasteiger partial charge in [-0.15, -0.1) is 0 Å². The summed E-state index contributed by atoms with van der Waals surface area (Å²) >= 11 is 0. The van der Waals surface area contributed by atoms with Gasteiger partial charge in [-0.1, -0.05) is 20.3 Å². The average molecular weight is 378 g/mol. The van der Waals surface area contributed by atoms with Crippen molar-refractivity contribution in [3.63, 3.8) is 0 Å². The molecule has 3 rings (SSSR count). The van der Waals surface area contributed by atoms with Crippen LogP contribution in [0, 0.1) is 5.92 Å². The number of rotatable bonds is 5. The molecule has 3 unspecified atom stereocenters. The lowest BCUT2D eigenvalue weighted by Gasteiger charge is -2.30. The van der Waals surface area contributed by atoms with Gasteiger partial charge in [-0.25, -0.2) is 4.98 Å². The van der Waals surface area contributed by atoms with Crippen LogP contribution in [0.4, 0.5) is 5.82 Å². The van der Waals surface area contributed by atoms with Crippen LogP contribution < -0.4 is 5.32 Å². The minimum atomic E-state index is -0.718. The zero-order valence-electron chi connectivity index (χ0n) is 15.9. The summed E-state index contributed by atoms with van der Waals surface area (Å²) in [4.78, 5) is 19.0. The van der Waals surface area contributed by atoms with E-state index < -0.39 is 10.8 Å². The summed E-state index contributed by atoms with van der Waals surface area (Å²) in [6.07, 6.45) is 8.06. The number of pyridine rings is 1. The first kappa shape index (κ1) is 19.3. The zero-order chi connectivity index (χ0) is 18.5. The van der Waals surface area contributed by atoms with E-state index in [1.54, 1.807) is 6.20 Å². The van der Waals surface area contributed by atoms with E-state index in [9.17, 15) is 9.00 Å². The SMILES string of the molecule is CCS(=O)C1CCCC(Nc2ccc(C(=O)N3CCC(C)CC3)cn2)C1. The first-order valence-electron chi connectivity index (χ1n) is 9.96. The van der Waals surface area contributed by atoms with Gasteiger partial charge in [0.15, 0.2) is 0 Å². The van der Waals surface area contributed by atoms with Crippen LogP contribution in [0.5, 0.6) is 0 Å². The molecule has 1 saturated carbocycles. The van der Waals surface area contributed by atoms with E-state index in [1.807, 2.05) is 24.0 Å². The molecule has 1 aliphatic carbocycles. The molecule has 0 aromatic carbocycles. The summed E-state index contributed by atoms with van der Waals surface area (Å²) in [7, 11) is -0.718. The molecule has 0 radical (unpaired) electrons. The topological polar surface area (TPSA) is 62.3 Å². The fourth-order valence-electron chi connectivity index (χ4n) is 3.96. The minimum absolute atomic E-state index is 0.0898. The molecule has 1 N–H and O–H groups in total. The highest BCUT2D eigenvalue weighted by Crippen LogP contribution is 2.25. The number of piperidine rings is 1. The van der Waals surface area contributed by atoms with Gasteiger partial charge in [0.05, 0.1) is 5.56 Å². The molecule has 5 nitrogen and oxygen atoms in total. The monoisotopic (exact) mass is 377 g/mol. The molecule has 144 valence electrons. The molecular formula is C20H31N3O2S. The summed E-state index contributed by atoms with van der Waals surface area (Å²) in [5, 5.41) is 3.77. The highest BCUT2D eigenvalue weighted by Gasteiger charge is 2.26. The Bertz CT molecular complexity index is 626. The van der Waals surface area contributed by atoms with Crippen LogP contribution in [0.15, 0.2) is 18.3 Å². The second-order valence-corrected chi connectivity index (χ2v) is 9.71. The fraction of sp³-hybridized carbons (Fsp3) is 0.700. The Balaban J connectivity index is 1.56. The van der Waals surface area contributed by atoms with Gasteiger partial charge in [0, 0.05) is 47.1 Å². The van der Waals surface area contributed by atoms with Crippen LogP contribution >= 0.6 is 0 Å². The molecule has 26 heavy (non-hydrogen) atoms. The van der Waals surface area contributed by atoms with E-state index in [4.69, 9.17) is 0 Å². The second kappa shape index (κ2) is 8.98. The number of anilines is 1. The van der Waals surface area contributed by atoms with Crippen molar-refractivity contribution >= 4 is 22.5 Å². The van der Waals surface area contributed by atoms with Crippen LogP contribution in [0.25, 0.3) is 0 Å². The Morgan fingerprint density at radius 1 is 1.27 bits per heavy atom. The quantitative estimate of drug-likeness (QED) is 0.854. The van der Waals surface area contributed by atoms with Crippen molar-refractivity contribution < 1.29 is 9.00 Å². The maximum atomic E-state index is 12.6. The first-order valence-corrected chi connectivity index (χ1v) is 11.3. The van der Waals surface area contributed by atoms with Crippen molar-refractivity contribution in [2.75, 3.05) is 24.2 Å². The molecule has 0 bridgehead atoms. The average Bonchev–Trinajstić information content (AvgIpc) is 2.68. The molecule has 2 fully saturated rings. The van der Waals surface area contributed by atoms with Gasteiger partial charge in [-0.2, -0.15) is 0 Å². The molecule has 1 aromatic heterocycles. The lowest BCUT2D eigenvalue weighted by Crippen LogP contribution is -2.38. The third-order valence-corrected chi connectivity index (χ3v) is 7.46. The minimum Gasteiger partial charge on any atom is -0.367 e. The van der Waals surface area contributed by atoms with Crippen molar-refractivity contribution in [1.82, 2.24) is 9.88 Å². The van der Waals surface area contributed by atoms with Crippen LogP contribution in [-0.4, -0.2) is 50.1 Å². The highest BCUT2D eigenvalue weighted by molar-refractivity contribution is 7.85. The third-order valence-electron chi connectivity index (χ3n) is 5.72. The van der Waals surface area contributed by atoms with Gasteiger partial charge in [0.25, 0.3) is 5.91 Å². The van der Waals surface area contributed by atoms with Crippen LogP contribution in [0.2, 0.25) is 0 Å². The van der Waals surface area contributed by atoms with Gasteiger partial charge in [-0.3, -0.25) is 9.00 Å². The predicted octanol–water partition coefficient (Wildman–Crippen LogP) is 3.45. The Kier molecular flexibility index (Phi) is 6.68. The van der Waals surface area contributed by atoms with E-state index in [-0.39, 0.29) is 5.91 Å². The Labute approximate surface area is 159 Å². The largest absolute Gasteiger partial charge is 0.367 e. The molecule has 1 amide bonds. The maximum Gasteiger partial charge on any atom is 0.255 e. The third kappa shape index (κ3) is 4.84. The number of nitrogens with one attached hydrogen (secondary N) is 1. The number of carbonyl (C=O) groups is 1. The van der Waals surface area contributed by atoms with Gasteiger partial charge >= 0.3 is 0 Å². The summed E-state index contributed by atoms with van der Waals surface area (Å²) in [6.45, 7) is 5.93. The molecule has 2 aliphatic rings. The number of hydrogen-bond acceptors (Lipinski definition) is 4. The van der Waals surface area contributed by atoms with E-state index in [0.29, 0.717) is 22.8 Å². The van der Waals surface area contributed by atoms with E-state index >= 15 is 0 Å². The molecule has 1 aliphatic heterocycles. The van der Waals surface area contributed by atoms with Crippen molar-refractivity contribution in [1.29, 1.82) is 0 Å². The Hall–Kier alpha value is -1.43. The summed E-state index contributed by atoms with van der Waals surface area (Å²) in [5.74, 6) is 2.35. The first-order chi connectivity index (χ1) is 12.6. The number of carbonyl (C=O) groups excluding carboxylic acids is 1. The molecule has 6 heteroatoms. The summed E-state index contributed by atoms with van der Waals surface area (Å²) < 4.78 is 12.1. The van der Waals surface area contributed by atoms with Gasteiger partial charge in [0.1, 0.15) is 5.82 Å². The highest BCUT2D eigenvalue weighted by atomic mass is 32.2. The number of hydrogen-bond donors (Lipinski definition) is 1. The van der Waals surface area contributed by atoms with Crippen molar-refractivity contribution in [2.45, 2.75) is 63.7 Å². The normalized spacial score (nSPS) is 25.7. The fourth-order valence-corrected chi connectivity index (χ4v) is 5.31. The van der Waals surface area contributed by atoms with Crippen molar-refractivity contribution in [3.05, 3.63) is 23.9 Å². The number of aromatic nitrogens is 1. The molecule has 3 atom stereocenters. The van der Waals surface area contributed by atoms with Crippen LogP contribution in [0.3, 0.4) is 0 Å². The van der Waals surface area contributed by atoms with E-state index in [0.717, 1.165) is 63.2 Å². The van der Waals surface area contributed by atoms with Crippen molar-refractivity contribution in [3.8, 4) is 0 Å². The van der Waals surface area contributed by atoms with Gasteiger partial charge in [0.2, 0.25) is 0 Å². The summed E-state index contributed by atoms with van der Waals surface area (Å²) in [5.41, 5.74) is 0.665. The van der Waals surface area contributed by atoms with Crippen LogP contribution in [-0.2, 0) is 10.8 Å². The van der Waals surface area contributed by atoms with Gasteiger partial charge < -0.3 is 10.2 Å². The second-order valence-electron chi connectivity index (χ2n) is 7.71. The van der Waals surface area contributed by atoms with E-state index in [2.05, 4.69) is 17.2 Å². The number of nitrogens with zero attached hydrogens (tertiary/aromatic N) is 2. The Morgan fingerprint density at radius 3 is 2.69 bits per heavy atom. The lowest BCUT2D eigenvalue weighted by molar-refractivity contribution is 0.0697. The molecule has 1 saturated heterocycles. The number of likely N-dealkylation sites (tertiary alicyclic amines) is 1. The zero-order valence-corrected chi connectivity index (χ0v) is 16.8. The molecule has 2 heterocycles. The Morgan fingerprint density at radius 2 is 2.04 bits per heavy atom. The van der Waals surface area contributed by atoms with Crippen molar-refractivity contribution in [2.24, 2.45) is 5.92 Å².